The van der Waals surface area contributed by atoms with E-state index >= 15 is 0 Å². The summed E-state index contributed by atoms with van der Waals surface area (Å²) in [5.74, 6) is 1.65. The van der Waals surface area contributed by atoms with Gasteiger partial charge in [0, 0.05) is 6.04 Å². The second kappa shape index (κ2) is 5.63. The fourth-order valence-corrected chi connectivity index (χ4v) is 3.98. The summed E-state index contributed by atoms with van der Waals surface area (Å²) in [6.45, 7) is 2.28. The minimum absolute atomic E-state index is 0.335. The molecule has 1 N–H and O–H groups in total. The van der Waals surface area contributed by atoms with Crippen LogP contribution in [0, 0.1) is 5.92 Å². The summed E-state index contributed by atoms with van der Waals surface area (Å²) >= 11 is 7.62. The fraction of sp³-hybridized carbons (Fsp3) is 0.571. The summed E-state index contributed by atoms with van der Waals surface area (Å²) in [6, 6.07) is 2.59. The van der Waals surface area contributed by atoms with Crippen molar-refractivity contribution in [3.05, 3.63) is 16.7 Å². The predicted octanol–water partition coefficient (Wildman–Crippen LogP) is 4.73. The zero-order chi connectivity index (χ0) is 13.2. The Morgan fingerprint density at radius 3 is 3.05 bits per heavy atom. The second-order valence-corrected chi connectivity index (χ2v) is 6.42. The number of anilines is 1. The Morgan fingerprint density at radius 1 is 1.37 bits per heavy atom. The molecule has 2 atom stereocenters. The molecule has 2 unspecified atom stereocenters. The molecule has 0 radical (unpaired) electrons. The average molecular weight is 296 g/mol. The highest BCUT2D eigenvalue weighted by Gasteiger charge is 2.24. The van der Waals surface area contributed by atoms with Crippen molar-refractivity contribution in [3.8, 4) is 0 Å². The molecular formula is C14H18ClN3S. The molecule has 1 aliphatic carbocycles. The molecule has 0 spiro atoms. The number of halogens is 1. The number of nitrogens with zero attached hydrogens (tertiary/aromatic N) is 2. The van der Waals surface area contributed by atoms with E-state index in [0.717, 1.165) is 22.0 Å². The van der Waals surface area contributed by atoms with Crippen molar-refractivity contribution in [1.29, 1.82) is 0 Å². The van der Waals surface area contributed by atoms with Crippen molar-refractivity contribution in [2.45, 2.75) is 45.1 Å². The van der Waals surface area contributed by atoms with E-state index in [-0.39, 0.29) is 0 Å². The van der Waals surface area contributed by atoms with Crippen molar-refractivity contribution in [2.24, 2.45) is 5.92 Å². The lowest BCUT2D eigenvalue weighted by molar-refractivity contribution is 0.317. The molecule has 19 heavy (non-hydrogen) atoms. The van der Waals surface area contributed by atoms with Crippen molar-refractivity contribution >= 4 is 39.0 Å². The van der Waals surface area contributed by atoms with Crippen LogP contribution < -0.4 is 5.32 Å². The fourth-order valence-electron chi connectivity index (χ4n) is 3.00. The largest absolute Gasteiger partial charge is 0.366 e. The number of hydrogen-bond acceptors (Lipinski definition) is 4. The standard InChI is InChI=1S/C14H18ClN3S/c1-2-9-5-3-4-6-11(9)16-12-10-7-8-19-13(10)18-14(15)17-12/h7-9,11H,2-6H2,1H3,(H,16,17,18). The molecule has 5 heteroatoms. The molecule has 1 aliphatic rings. The molecule has 2 aromatic rings. The molecule has 0 aromatic carbocycles. The highest BCUT2D eigenvalue weighted by Crippen LogP contribution is 2.32. The van der Waals surface area contributed by atoms with Crippen molar-refractivity contribution in [3.63, 3.8) is 0 Å². The Hall–Kier alpha value is -0.870. The van der Waals surface area contributed by atoms with Gasteiger partial charge in [-0.05, 0) is 41.8 Å². The second-order valence-electron chi connectivity index (χ2n) is 5.18. The molecule has 3 nitrogen and oxygen atoms in total. The van der Waals surface area contributed by atoms with E-state index in [1.165, 1.54) is 32.1 Å². The SMILES string of the molecule is CCC1CCCCC1Nc1nc(Cl)nc2sccc12. The first kappa shape index (κ1) is 13.1. The van der Waals surface area contributed by atoms with Gasteiger partial charge >= 0.3 is 0 Å². The van der Waals surface area contributed by atoms with Gasteiger partial charge in [0.25, 0.3) is 0 Å². The van der Waals surface area contributed by atoms with E-state index in [1.54, 1.807) is 11.3 Å². The number of thiophene rings is 1. The van der Waals surface area contributed by atoms with Crippen LogP contribution in [0.2, 0.25) is 5.28 Å². The Kier molecular flexibility index (Phi) is 3.89. The van der Waals surface area contributed by atoms with E-state index in [4.69, 9.17) is 11.6 Å². The zero-order valence-corrected chi connectivity index (χ0v) is 12.6. The lowest BCUT2D eigenvalue weighted by atomic mass is 9.83. The first-order valence-electron chi connectivity index (χ1n) is 6.95. The molecule has 102 valence electrons. The zero-order valence-electron chi connectivity index (χ0n) is 11.0. The maximum absolute atomic E-state index is 6.01. The maximum atomic E-state index is 6.01. The third kappa shape index (κ3) is 2.70. The molecule has 0 bridgehead atoms. The summed E-state index contributed by atoms with van der Waals surface area (Å²) in [5, 5.41) is 7.09. The third-order valence-corrected chi connectivity index (χ3v) is 5.03. The topological polar surface area (TPSA) is 37.8 Å². The third-order valence-electron chi connectivity index (χ3n) is 4.05. The van der Waals surface area contributed by atoms with E-state index in [2.05, 4.69) is 28.3 Å². The van der Waals surface area contributed by atoms with Crippen LogP contribution in [0.3, 0.4) is 0 Å². The van der Waals surface area contributed by atoms with Gasteiger partial charge in [-0.3, -0.25) is 0 Å². The highest BCUT2D eigenvalue weighted by molar-refractivity contribution is 7.16. The first-order valence-corrected chi connectivity index (χ1v) is 8.21. The molecule has 3 rings (SSSR count). The van der Waals surface area contributed by atoms with E-state index in [0.29, 0.717) is 11.3 Å². The predicted molar refractivity (Wildman–Crippen MR) is 82.1 cm³/mol. The minimum Gasteiger partial charge on any atom is -0.366 e. The number of rotatable bonds is 3. The number of nitrogens with one attached hydrogen (secondary N) is 1. The van der Waals surface area contributed by atoms with Gasteiger partial charge in [0.1, 0.15) is 10.6 Å². The molecule has 1 fully saturated rings. The number of aromatic nitrogens is 2. The first-order chi connectivity index (χ1) is 9.28. The normalized spacial score (nSPS) is 23.7. The Balaban J connectivity index is 1.89. The molecular weight excluding hydrogens is 278 g/mol. The van der Waals surface area contributed by atoms with Gasteiger partial charge in [-0.2, -0.15) is 0 Å². The summed E-state index contributed by atoms with van der Waals surface area (Å²) in [6.07, 6.45) is 6.43. The van der Waals surface area contributed by atoms with Gasteiger partial charge < -0.3 is 5.32 Å². The molecule has 2 heterocycles. The van der Waals surface area contributed by atoms with Crippen LogP contribution in [0.15, 0.2) is 11.4 Å². The summed E-state index contributed by atoms with van der Waals surface area (Å²) < 4.78 is 0. The van der Waals surface area contributed by atoms with Crippen LogP contribution >= 0.6 is 22.9 Å². The highest BCUT2D eigenvalue weighted by atomic mass is 35.5. The van der Waals surface area contributed by atoms with Gasteiger partial charge in [0.15, 0.2) is 0 Å². The Labute approximate surface area is 122 Å². The quantitative estimate of drug-likeness (QED) is 0.832. The van der Waals surface area contributed by atoms with E-state index in [1.807, 2.05) is 5.38 Å². The average Bonchev–Trinajstić information content (AvgIpc) is 2.87. The lowest BCUT2D eigenvalue weighted by Gasteiger charge is -2.32. The van der Waals surface area contributed by atoms with E-state index < -0.39 is 0 Å². The van der Waals surface area contributed by atoms with Crippen LogP contribution in [-0.2, 0) is 0 Å². The molecule has 0 saturated heterocycles. The van der Waals surface area contributed by atoms with Crippen molar-refractivity contribution in [2.75, 3.05) is 5.32 Å². The molecule has 0 amide bonds. The van der Waals surface area contributed by atoms with Gasteiger partial charge in [0.2, 0.25) is 5.28 Å². The van der Waals surface area contributed by atoms with E-state index in [9.17, 15) is 0 Å². The smallest absolute Gasteiger partial charge is 0.225 e. The van der Waals surface area contributed by atoms with Crippen LogP contribution in [0.25, 0.3) is 10.2 Å². The van der Waals surface area contributed by atoms with Crippen LogP contribution in [0.5, 0.6) is 0 Å². The molecule has 0 aliphatic heterocycles. The van der Waals surface area contributed by atoms with Gasteiger partial charge in [-0.1, -0.05) is 26.2 Å². The maximum Gasteiger partial charge on any atom is 0.225 e. The summed E-state index contributed by atoms with van der Waals surface area (Å²) in [7, 11) is 0. The number of hydrogen-bond donors (Lipinski definition) is 1. The Morgan fingerprint density at radius 2 is 2.21 bits per heavy atom. The Bertz CT molecular complexity index is 569. The van der Waals surface area contributed by atoms with Gasteiger partial charge in [-0.15, -0.1) is 11.3 Å². The van der Waals surface area contributed by atoms with Crippen molar-refractivity contribution in [1.82, 2.24) is 9.97 Å². The molecule has 1 saturated carbocycles. The van der Waals surface area contributed by atoms with Gasteiger partial charge in [0.05, 0.1) is 5.39 Å². The lowest BCUT2D eigenvalue weighted by Crippen LogP contribution is -2.32. The monoisotopic (exact) mass is 295 g/mol. The summed E-state index contributed by atoms with van der Waals surface area (Å²) in [4.78, 5) is 9.61. The molecule has 2 aromatic heterocycles. The minimum atomic E-state index is 0.335. The van der Waals surface area contributed by atoms with Crippen LogP contribution in [0.4, 0.5) is 5.82 Å². The van der Waals surface area contributed by atoms with Crippen LogP contribution in [-0.4, -0.2) is 16.0 Å². The van der Waals surface area contributed by atoms with Crippen LogP contribution in [0.1, 0.15) is 39.0 Å². The van der Waals surface area contributed by atoms with Crippen molar-refractivity contribution < 1.29 is 0 Å². The van der Waals surface area contributed by atoms with Gasteiger partial charge in [-0.25, -0.2) is 9.97 Å². The number of fused-ring (bicyclic) bond motifs is 1. The summed E-state index contributed by atoms with van der Waals surface area (Å²) in [5.41, 5.74) is 0.